The van der Waals surface area contributed by atoms with Crippen LogP contribution >= 0.6 is 0 Å². The second-order valence-corrected chi connectivity index (χ2v) is 5.31. The van der Waals surface area contributed by atoms with Crippen molar-refractivity contribution in [1.29, 1.82) is 0 Å². The molecule has 1 fully saturated rings. The summed E-state index contributed by atoms with van der Waals surface area (Å²) in [6.07, 6.45) is 0.554. The highest BCUT2D eigenvalue weighted by Gasteiger charge is 2.22. The van der Waals surface area contributed by atoms with Crippen LogP contribution in [0.4, 0.5) is 4.39 Å². The molecule has 1 N–H and O–H groups in total. The molecule has 1 saturated heterocycles. The number of nitrogens with one attached hydrogen (secondary N) is 1. The smallest absolute Gasteiger partial charge is 0.243 e. The first-order valence-corrected chi connectivity index (χ1v) is 7.24. The number of nitrogens with zero attached hydrogens (tertiary/aromatic N) is 3. The van der Waals surface area contributed by atoms with Gasteiger partial charge in [-0.3, -0.25) is 4.90 Å². The Bertz CT molecular complexity index is 578. The molecule has 0 amide bonds. The minimum Gasteiger partial charge on any atom is -0.338 e. The summed E-state index contributed by atoms with van der Waals surface area (Å²) in [4.78, 5) is 6.79. The summed E-state index contributed by atoms with van der Waals surface area (Å²) in [7, 11) is 0. The third-order valence-corrected chi connectivity index (χ3v) is 3.82. The quantitative estimate of drug-likeness (QED) is 0.930. The van der Waals surface area contributed by atoms with Gasteiger partial charge in [-0.15, -0.1) is 0 Å². The van der Waals surface area contributed by atoms with E-state index in [1.807, 2.05) is 0 Å². The van der Waals surface area contributed by atoms with Gasteiger partial charge in [-0.05, 0) is 24.6 Å². The molecule has 1 atom stereocenters. The molecule has 0 radical (unpaired) electrons. The molecule has 1 unspecified atom stereocenters. The average molecular weight is 290 g/mol. The van der Waals surface area contributed by atoms with Crippen molar-refractivity contribution >= 4 is 0 Å². The van der Waals surface area contributed by atoms with Crippen molar-refractivity contribution < 1.29 is 8.91 Å². The van der Waals surface area contributed by atoms with Gasteiger partial charge in [-0.25, -0.2) is 4.39 Å². The molecule has 1 aromatic heterocycles. The van der Waals surface area contributed by atoms with E-state index in [0.29, 0.717) is 18.1 Å². The van der Waals surface area contributed by atoms with Crippen LogP contribution in [-0.4, -0.2) is 41.2 Å². The normalized spacial score (nSPS) is 17.8. The van der Waals surface area contributed by atoms with E-state index in [1.54, 1.807) is 12.1 Å². The Kier molecular flexibility index (Phi) is 4.26. The summed E-state index contributed by atoms with van der Waals surface area (Å²) in [5.41, 5.74) is 0.971. The lowest BCUT2D eigenvalue weighted by Gasteiger charge is -2.30. The lowest BCUT2D eigenvalue weighted by Crippen LogP contribution is -2.44. The van der Waals surface area contributed by atoms with Crippen molar-refractivity contribution in [2.45, 2.75) is 19.4 Å². The highest BCUT2D eigenvalue weighted by atomic mass is 19.1. The molecule has 2 aromatic rings. The molecule has 1 aliphatic heterocycles. The SMILES string of the molecule is CC(c1nc(Cc2ccc(F)cc2)no1)N1CCNCC1. The Morgan fingerprint density at radius 1 is 1.29 bits per heavy atom. The van der Waals surface area contributed by atoms with Crippen LogP contribution in [0, 0.1) is 5.82 Å². The van der Waals surface area contributed by atoms with Gasteiger partial charge in [0.15, 0.2) is 5.82 Å². The molecular formula is C15H19FN4O. The summed E-state index contributed by atoms with van der Waals surface area (Å²) in [6.45, 7) is 6.02. The van der Waals surface area contributed by atoms with Crippen LogP contribution in [0.5, 0.6) is 0 Å². The first kappa shape index (κ1) is 14.2. The minimum absolute atomic E-state index is 0.126. The number of hydrogen-bond acceptors (Lipinski definition) is 5. The van der Waals surface area contributed by atoms with E-state index in [1.165, 1.54) is 12.1 Å². The zero-order valence-electron chi connectivity index (χ0n) is 12.1. The molecule has 6 heteroatoms. The zero-order chi connectivity index (χ0) is 14.7. The lowest BCUT2D eigenvalue weighted by atomic mass is 10.1. The summed E-state index contributed by atoms with van der Waals surface area (Å²) in [5.74, 6) is 1.05. The van der Waals surface area contributed by atoms with E-state index in [4.69, 9.17) is 4.52 Å². The Morgan fingerprint density at radius 3 is 2.71 bits per heavy atom. The summed E-state index contributed by atoms with van der Waals surface area (Å²) < 4.78 is 18.3. The molecule has 0 aliphatic carbocycles. The number of benzene rings is 1. The minimum atomic E-state index is -0.236. The Morgan fingerprint density at radius 2 is 2.00 bits per heavy atom. The second kappa shape index (κ2) is 6.32. The molecule has 21 heavy (non-hydrogen) atoms. The molecule has 1 aromatic carbocycles. The maximum Gasteiger partial charge on any atom is 0.243 e. The zero-order valence-corrected chi connectivity index (χ0v) is 12.1. The predicted molar refractivity (Wildman–Crippen MR) is 76.4 cm³/mol. The fourth-order valence-electron chi connectivity index (χ4n) is 2.52. The average Bonchev–Trinajstić information content (AvgIpc) is 2.98. The molecule has 5 nitrogen and oxygen atoms in total. The topological polar surface area (TPSA) is 54.2 Å². The van der Waals surface area contributed by atoms with Gasteiger partial charge in [-0.2, -0.15) is 4.98 Å². The molecule has 0 spiro atoms. The number of piperazine rings is 1. The van der Waals surface area contributed by atoms with Crippen LogP contribution in [0.2, 0.25) is 0 Å². The van der Waals surface area contributed by atoms with Gasteiger partial charge in [0.2, 0.25) is 5.89 Å². The fraction of sp³-hybridized carbons (Fsp3) is 0.467. The number of aromatic nitrogens is 2. The van der Waals surface area contributed by atoms with E-state index < -0.39 is 0 Å². The molecular weight excluding hydrogens is 271 g/mol. The van der Waals surface area contributed by atoms with E-state index in [2.05, 4.69) is 27.3 Å². The molecule has 112 valence electrons. The summed E-state index contributed by atoms with van der Waals surface area (Å²) in [6, 6.07) is 6.50. The van der Waals surface area contributed by atoms with Crippen LogP contribution in [0.3, 0.4) is 0 Å². The lowest BCUT2D eigenvalue weighted by molar-refractivity contribution is 0.154. The van der Waals surface area contributed by atoms with Crippen LogP contribution < -0.4 is 5.32 Å². The highest BCUT2D eigenvalue weighted by molar-refractivity contribution is 5.19. The van der Waals surface area contributed by atoms with Crippen molar-refractivity contribution in [3.63, 3.8) is 0 Å². The standard InChI is InChI=1S/C15H19FN4O/c1-11(20-8-6-17-7-9-20)15-18-14(19-21-15)10-12-2-4-13(16)5-3-12/h2-5,11,17H,6-10H2,1H3. The third-order valence-electron chi connectivity index (χ3n) is 3.82. The van der Waals surface area contributed by atoms with Gasteiger partial charge >= 0.3 is 0 Å². The van der Waals surface area contributed by atoms with Crippen molar-refractivity contribution in [2.75, 3.05) is 26.2 Å². The van der Waals surface area contributed by atoms with E-state index in [0.717, 1.165) is 31.7 Å². The van der Waals surface area contributed by atoms with Gasteiger partial charge in [0.25, 0.3) is 0 Å². The maximum atomic E-state index is 12.9. The van der Waals surface area contributed by atoms with Crippen molar-refractivity contribution in [3.8, 4) is 0 Å². The summed E-state index contributed by atoms with van der Waals surface area (Å²) in [5, 5.41) is 7.35. The van der Waals surface area contributed by atoms with E-state index in [-0.39, 0.29) is 11.9 Å². The largest absolute Gasteiger partial charge is 0.338 e. The van der Waals surface area contributed by atoms with Crippen LogP contribution in [-0.2, 0) is 6.42 Å². The van der Waals surface area contributed by atoms with Gasteiger partial charge in [0.05, 0.1) is 6.04 Å². The molecule has 2 heterocycles. The maximum absolute atomic E-state index is 12.9. The van der Waals surface area contributed by atoms with Gasteiger partial charge in [0, 0.05) is 32.6 Å². The predicted octanol–water partition coefficient (Wildman–Crippen LogP) is 1.77. The van der Waals surface area contributed by atoms with Crippen molar-refractivity contribution in [1.82, 2.24) is 20.4 Å². The van der Waals surface area contributed by atoms with Crippen LogP contribution in [0.15, 0.2) is 28.8 Å². The molecule has 0 bridgehead atoms. The number of halogens is 1. The first-order valence-electron chi connectivity index (χ1n) is 7.24. The Hall–Kier alpha value is -1.79. The third kappa shape index (κ3) is 3.46. The van der Waals surface area contributed by atoms with Crippen LogP contribution in [0.1, 0.15) is 30.2 Å². The number of hydrogen-bond donors (Lipinski definition) is 1. The van der Waals surface area contributed by atoms with Gasteiger partial charge in [0.1, 0.15) is 5.82 Å². The van der Waals surface area contributed by atoms with Crippen molar-refractivity contribution in [2.24, 2.45) is 0 Å². The van der Waals surface area contributed by atoms with Gasteiger partial charge in [-0.1, -0.05) is 17.3 Å². The Labute approximate surface area is 123 Å². The second-order valence-electron chi connectivity index (χ2n) is 5.31. The van der Waals surface area contributed by atoms with Gasteiger partial charge < -0.3 is 9.84 Å². The summed E-state index contributed by atoms with van der Waals surface area (Å²) >= 11 is 0. The van der Waals surface area contributed by atoms with Crippen molar-refractivity contribution in [3.05, 3.63) is 47.4 Å². The molecule has 3 rings (SSSR count). The Balaban J connectivity index is 1.66. The molecule has 1 aliphatic rings. The van der Waals surface area contributed by atoms with E-state index in [9.17, 15) is 4.39 Å². The monoisotopic (exact) mass is 290 g/mol. The first-order chi connectivity index (χ1) is 10.2. The highest BCUT2D eigenvalue weighted by Crippen LogP contribution is 2.19. The fourth-order valence-corrected chi connectivity index (χ4v) is 2.52. The van der Waals surface area contributed by atoms with Crippen LogP contribution in [0.25, 0.3) is 0 Å². The number of rotatable bonds is 4. The van der Waals surface area contributed by atoms with E-state index >= 15 is 0 Å². The molecule has 0 saturated carbocycles.